The molecule has 4 heteroatoms. The number of aryl methyl sites for hydroxylation is 2. The van der Waals surface area contributed by atoms with Crippen molar-refractivity contribution in [2.75, 3.05) is 13.2 Å². The van der Waals surface area contributed by atoms with Crippen molar-refractivity contribution in [1.82, 2.24) is 4.98 Å². The van der Waals surface area contributed by atoms with Gasteiger partial charge < -0.3 is 14.5 Å². The lowest BCUT2D eigenvalue weighted by Gasteiger charge is -2.21. The van der Waals surface area contributed by atoms with Gasteiger partial charge >= 0.3 is 0 Å². The summed E-state index contributed by atoms with van der Waals surface area (Å²) in [5.74, 6) is -0.587. The Morgan fingerprint density at radius 2 is 1.83 bits per heavy atom. The van der Waals surface area contributed by atoms with Gasteiger partial charge in [0.1, 0.15) is 0 Å². The Labute approximate surface area is 135 Å². The summed E-state index contributed by atoms with van der Waals surface area (Å²) in [4.78, 5) is 3.33. The van der Waals surface area contributed by atoms with Crippen LogP contribution in [0, 0.1) is 0 Å². The summed E-state index contributed by atoms with van der Waals surface area (Å²) in [5.41, 5.74) is 3.62. The number of hydrogen-bond donors (Lipinski definition) is 1. The summed E-state index contributed by atoms with van der Waals surface area (Å²) in [6, 6.07) is 12.6. The van der Waals surface area contributed by atoms with Gasteiger partial charge in [-0.05, 0) is 18.6 Å². The van der Waals surface area contributed by atoms with Crippen molar-refractivity contribution >= 4 is 10.9 Å². The maximum Gasteiger partial charge on any atom is 0.192 e. The maximum atomic E-state index is 5.70. The Morgan fingerprint density at radius 3 is 2.61 bits per heavy atom. The molecule has 4 nitrogen and oxygen atoms in total. The van der Waals surface area contributed by atoms with Crippen LogP contribution in [0.25, 0.3) is 10.9 Å². The zero-order valence-electron chi connectivity index (χ0n) is 13.3. The lowest BCUT2D eigenvalue weighted by atomic mass is 10.1. The quantitative estimate of drug-likeness (QED) is 0.753. The molecule has 3 heterocycles. The van der Waals surface area contributed by atoms with E-state index in [1.165, 1.54) is 16.5 Å². The molecule has 0 atom stereocenters. The predicted octanol–water partition coefficient (Wildman–Crippen LogP) is 2.92. The van der Waals surface area contributed by atoms with Crippen molar-refractivity contribution in [3.8, 4) is 0 Å². The molecule has 0 amide bonds. The molecule has 23 heavy (non-hydrogen) atoms. The summed E-state index contributed by atoms with van der Waals surface area (Å²) in [6.45, 7) is 4.24. The summed E-state index contributed by atoms with van der Waals surface area (Å²) < 4.78 is 13.6. The van der Waals surface area contributed by atoms with Crippen LogP contribution in [0.5, 0.6) is 0 Å². The standard InChI is InChI=1S/C19H21N2O2/c1-19(22-12-13-23-19)16-7-10-21(11-8-16)9-6-15-14-20-18-5-3-2-4-17(15)18/h2-5,7-8,10-11,14,20H,6,9,12-13H2,1H3/q+1. The number of para-hydroxylation sites is 1. The van der Waals surface area contributed by atoms with Crippen LogP contribution in [0.3, 0.4) is 0 Å². The number of benzene rings is 1. The Hall–Kier alpha value is -2.17. The average Bonchev–Trinajstić information content (AvgIpc) is 3.21. The van der Waals surface area contributed by atoms with Gasteiger partial charge in [0.2, 0.25) is 0 Å². The van der Waals surface area contributed by atoms with Gasteiger partial charge in [0, 0.05) is 41.2 Å². The molecular formula is C19H21N2O2+. The Bertz CT molecular complexity index is 802. The van der Waals surface area contributed by atoms with Crippen LogP contribution in [-0.4, -0.2) is 18.2 Å². The number of nitrogens with zero attached hydrogens (tertiary/aromatic N) is 1. The lowest BCUT2D eigenvalue weighted by Crippen LogP contribution is -2.35. The van der Waals surface area contributed by atoms with E-state index in [1.807, 2.05) is 6.92 Å². The number of aromatic nitrogens is 2. The van der Waals surface area contributed by atoms with Crippen LogP contribution >= 0.6 is 0 Å². The molecular weight excluding hydrogens is 288 g/mol. The van der Waals surface area contributed by atoms with Gasteiger partial charge in [-0.2, -0.15) is 0 Å². The van der Waals surface area contributed by atoms with Gasteiger partial charge in [0.15, 0.2) is 24.7 Å². The third-order valence-electron chi connectivity index (χ3n) is 4.57. The molecule has 0 bridgehead atoms. The van der Waals surface area contributed by atoms with Gasteiger partial charge in [-0.3, -0.25) is 0 Å². The molecule has 1 fully saturated rings. The van der Waals surface area contributed by atoms with Gasteiger partial charge in [-0.25, -0.2) is 4.57 Å². The highest BCUT2D eigenvalue weighted by Gasteiger charge is 2.33. The van der Waals surface area contributed by atoms with Crippen LogP contribution in [0.1, 0.15) is 18.1 Å². The van der Waals surface area contributed by atoms with E-state index in [9.17, 15) is 0 Å². The SMILES string of the molecule is CC1(c2cc[n+](CCc3c[nH]c4ccccc34)cc2)OCCO1. The maximum absolute atomic E-state index is 5.70. The molecule has 3 aromatic rings. The summed E-state index contributed by atoms with van der Waals surface area (Å²) in [5, 5.41) is 1.31. The van der Waals surface area contributed by atoms with Crippen molar-refractivity contribution in [1.29, 1.82) is 0 Å². The largest absolute Gasteiger partial charge is 0.361 e. The highest BCUT2D eigenvalue weighted by atomic mass is 16.7. The molecule has 4 rings (SSSR count). The molecule has 118 valence electrons. The second kappa shape index (κ2) is 5.80. The zero-order chi connectivity index (χ0) is 15.7. The molecule has 0 aliphatic carbocycles. The van der Waals surface area contributed by atoms with E-state index < -0.39 is 5.79 Å². The monoisotopic (exact) mass is 309 g/mol. The molecule has 0 radical (unpaired) electrons. The minimum absolute atomic E-state index is 0.587. The average molecular weight is 309 g/mol. The molecule has 0 unspecified atom stereocenters. The van der Waals surface area contributed by atoms with E-state index in [-0.39, 0.29) is 0 Å². The Balaban J connectivity index is 1.47. The molecule has 1 N–H and O–H groups in total. The van der Waals surface area contributed by atoms with E-state index in [4.69, 9.17) is 9.47 Å². The first-order chi connectivity index (χ1) is 11.2. The predicted molar refractivity (Wildman–Crippen MR) is 87.9 cm³/mol. The van der Waals surface area contributed by atoms with Crippen molar-refractivity contribution in [3.63, 3.8) is 0 Å². The van der Waals surface area contributed by atoms with Crippen LogP contribution < -0.4 is 4.57 Å². The highest BCUT2D eigenvalue weighted by Crippen LogP contribution is 2.29. The normalized spacial score (nSPS) is 16.9. The lowest BCUT2D eigenvalue weighted by molar-refractivity contribution is -0.696. The number of fused-ring (bicyclic) bond motifs is 1. The Kier molecular flexibility index (Phi) is 3.63. The molecule has 1 aliphatic rings. The second-order valence-corrected chi connectivity index (χ2v) is 6.08. The number of rotatable bonds is 4. The van der Waals surface area contributed by atoms with E-state index >= 15 is 0 Å². The van der Waals surface area contributed by atoms with E-state index in [0.717, 1.165) is 18.5 Å². The molecule has 2 aromatic heterocycles. The van der Waals surface area contributed by atoms with Crippen LogP contribution in [0.4, 0.5) is 0 Å². The van der Waals surface area contributed by atoms with Gasteiger partial charge in [0.25, 0.3) is 0 Å². The molecule has 0 spiro atoms. The topological polar surface area (TPSA) is 38.1 Å². The minimum atomic E-state index is -0.587. The summed E-state index contributed by atoms with van der Waals surface area (Å²) in [6.07, 6.45) is 7.31. The molecule has 1 aromatic carbocycles. The van der Waals surface area contributed by atoms with Gasteiger partial charge in [-0.1, -0.05) is 18.2 Å². The van der Waals surface area contributed by atoms with E-state index in [0.29, 0.717) is 13.2 Å². The van der Waals surface area contributed by atoms with E-state index in [1.54, 1.807) is 0 Å². The van der Waals surface area contributed by atoms with Crippen LogP contribution in [0.15, 0.2) is 55.0 Å². The number of ether oxygens (including phenoxy) is 2. The molecule has 0 saturated carbocycles. The molecule has 1 aliphatic heterocycles. The number of aromatic amines is 1. The first-order valence-corrected chi connectivity index (χ1v) is 8.07. The van der Waals surface area contributed by atoms with Crippen LogP contribution in [0.2, 0.25) is 0 Å². The van der Waals surface area contributed by atoms with Crippen molar-refractivity contribution in [2.45, 2.75) is 25.7 Å². The second-order valence-electron chi connectivity index (χ2n) is 6.08. The first kappa shape index (κ1) is 14.4. The third-order valence-corrected chi connectivity index (χ3v) is 4.57. The van der Waals surface area contributed by atoms with Crippen molar-refractivity contribution < 1.29 is 14.0 Å². The fraction of sp³-hybridized carbons (Fsp3) is 0.316. The van der Waals surface area contributed by atoms with Crippen molar-refractivity contribution in [2.24, 2.45) is 0 Å². The van der Waals surface area contributed by atoms with Gasteiger partial charge in [0.05, 0.1) is 13.2 Å². The fourth-order valence-corrected chi connectivity index (χ4v) is 3.18. The first-order valence-electron chi connectivity index (χ1n) is 8.07. The highest BCUT2D eigenvalue weighted by molar-refractivity contribution is 5.82. The summed E-state index contributed by atoms with van der Waals surface area (Å²) in [7, 11) is 0. The van der Waals surface area contributed by atoms with E-state index in [2.05, 4.69) is 64.5 Å². The van der Waals surface area contributed by atoms with Crippen LogP contribution in [-0.2, 0) is 28.2 Å². The number of pyridine rings is 1. The number of nitrogens with one attached hydrogen (secondary N) is 1. The smallest absolute Gasteiger partial charge is 0.192 e. The minimum Gasteiger partial charge on any atom is -0.361 e. The third kappa shape index (κ3) is 2.76. The number of hydrogen-bond acceptors (Lipinski definition) is 2. The zero-order valence-corrected chi connectivity index (χ0v) is 13.3. The van der Waals surface area contributed by atoms with Gasteiger partial charge in [-0.15, -0.1) is 0 Å². The Morgan fingerprint density at radius 1 is 1.09 bits per heavy atom. The number of H-pyrrole nitrogens is 1. The fourth-order valence-electron chi connectivity index (χ4n) is 3.18. The van der Waals surface area contributed by atoms with Crippen molar-refractivity contribution in [3.05, 3.63) is 66.1 Å². The summed E-state index contributed by atoms with van der Waals surface area (Å²) >= 11 is 0. The molecule has 1 saturated heterocycles.